The number of aromatic nitrogens is 2. The van der Waals surface area contributed by atoms with E-state index in [2.05, 4.69) is 26.0 Å². The lowest BCUT2D eigenvalue weighted by molar-refractivity contribution is -0.131. The van der Waals surface area contributed by atoms with Crippen LogP contribution in [0.25, 0.3) is 33.5 Å². The Balaban J connectivity index is 1.73. The summed E-state index contributed by atoms with van der Waals surface area (Å²) in [5.41, 5.74) is 1.21. The highest BCUT2D eigenvalue weighted by atomic mass is 79.9. The third kappa shape index (κ3) is 4.33. The molecule has 0 aliphatic rings. The summed E-state index contributed by atoms with van der Waals surface area (Å²) in [6, 6.07) is 19.3. The molecule has 0 unspecified atom stereocenters. The van der Waals surface area contributed by atoms with Gasteiger partial charge in [0.25, 0.3) is 5.56 Å². The van der Waals surface area contributed by atoms with Crippen molar-refractivity contribution in [2.45, 2.75) is 6.92 Å². The first kappa shape index (κ1) is 22.5. The molecule has 0 bridgehead atoms. The summed E-state index contributed by atoms with van der Waals surface area (Å²) >= 11 is 3.41. The van der Waals surface area contributed by atoms with E-state index in [1.54, 1.807) is 61.7 Å². The Bertz CT molecular complexity index is 1690. The quantitative estimate of drug-likeness (QED) is 0.171. The molecule has 0 atom stereocenters. The van der Waals surface area contributed by atoms with Crippen molar-refractivity contribution in [2.24, 2.45) is 5.10 Å². The number of halogens is 1. The van der Waals surface area contributed by atoms with E-state index in [4.69, 9.17) is 13.9 Å². The highest BCUT2D eigenvalue weighted by Crippen LogP contribution is 2.33. The number of carbonyl (C=O) groups is 1. The maximum atomic E-state index is 13.5. The van der Waals surface area contributed by atoms with Crippen molar-refractivity contribution < 1.29 is 18.7 Å². The fourth-order valence-electron chi connectivity index (χ4n) is 3.70. The zero-order valence-electron chi connectivity index (χ0n) is 18.7. The number of furan rings is 1. The molecule has 0 saturated heterocycles. The van der Waals surface area contributed by atoms with Gasteiger partial charge in [-0.25, -0.2) is 4.98 Å². The molecule has 0 fully saturated rings. The molecule has 8 nitrogen and oxygen atoms in total. The van der Waals surface area contributed by atoms with Crippen LogP contribution in [0.1, 0.15) is 12.5 Å². The number of hydrogen-bond donors (Lipinski definition) is 0. The number of benzene rings is 3. The summed E-state index contributed by atoms with van der Waals surface area (Å²) in [6.45, 7) is 1.31. The van der Waals surface area contributed by atoms with Crippen LogP contribution in [0.3, 0.4) is 0 Å². The van der Waals surface area contributed by atoms with E-state index in [1.807, 2.05) is 12.1 Å². The van der Waals surface area contributed by atoms with Gasteiger partial charge in [-0.15, -0.1) is 0 Å². The van der Waals surface area contributed by atoms with E-state index in [1.165, 1.54) is 17.8 Å². The van der Waals surface area contributed by atoms with E-state index in [-0.39, 0.29) is 11.4 Å². The average molecular weight is 532 g/mol. The van der Waals surface area contributed by atoms with Gasteiger partial charge in [0, 0.05) is 17.0 Å². The van der Waals surface area contributed by atoms with Gasteiger partial charge in [0.05, 0.1) is 29.6 Å². The molecule has 0 amide bonds. The minimum atomic E-state index is -0.469. The molecule has 0 radical (unpaired) electrons. The van der Waals surface area contributed by atoms with Crippen molar-refractivity contribution >= 4 is 50.0 Å². The van der Waals surface area contributed by atoms with E-state index >= 15 is 0 Å². The lowest BCUT2D eigenvalue weighted by Crippen LogP contribution is -2.20. The van der Waals surface area contributed by atoms with Gasteiger partial charge >= 0.3 is 5.97 Å². The number of carbonyl (C=O) groups excluding carboxylic acids is 1. The van der Waals surface area contributed by atoms with Crippen LogP contribution in [0.2, 0.25) is 0 Å². The molecule has 2 heterocycles. The van der Waals surface area contributed by atoms with E-state index < -0.39 is 5.97 Å². The lowest BCUT2D eigenvalue weighted by atomic mass is 10.2. The van der Waals surface area contributed by atoms with Crippen LogP contribution in [0.4, 0.5) is 0 Å². The first-order valence-corrected chi connectivity index (χ1v) is 11.3. The molecule has 5 rings (SSSR count). The number of ether oxygens (including phenoxy) is 2. The molecule has 2 aromatic heterocycles. The minimum absolute atomic E-state index is 0.215. The zero-order chi connectivity index (χ0) is 24.5. The number of esters is 1. The van der Waals surface area contributed by atoms with Crippen molar-refractivity contribution in [3.05, 3.63) is 87.1 Å². The van der Waals surface area contributed by atoms with E-state index in [0.717, 1.165) is 9.86 Å². The fraction of sp³-hybridized carbons (Fsp3) is 0.0769. The molecule has 0 aliphatic heterocycles. The summed E-state index contributed by atoms with van der Waals surface area (Å²) in [7, 11) is 1.58. The second-order valence-corrected chi connectivity index (χ2v) is 8.49. The molecule has 0 spiro atoms. The first-order chi connectivity index (χ1) is 16.9. The highest BCUT2D eigenvalue weighted by Gasteiger charge is 2.18. The predicted octanol–water partition coefficient (Wildman–Crippen LogP) is 5.39. The van der Waals surface area contributed by atoms with Crippen LogP contribution in [-0.2, 0) is 4.79 Å². The summed E-state index contributed by atoms with van der Waals surface area (Å²) < 4.78 is 18.7. The van der Waals surface area contributed by atoms with Crippen LogP contribution in [0.5, 0.6) is 11.5 Å². The number of nitrogens with zero attached hydrogens (tertiary/aromatic N) is 3. The third-order valence-electron chi connectivity index (χ3n) is 5.25. The van der Waals surface area contributed by atoms with Crippen molar-refractivity contribution in [3.8, 4) is 23.1 Å². The maximum absolute atomic E-state index is 13.5. The largest absolute Gasteiger partial charge is 0.496 e. The Labute approximate surface area is 207 Å². The molecule has 174 valence electrons. The molecule has 0 saturated carbocycles. The van der Waals surface area contributed by atoms with Gasteiger partial charge in [-0.05, 0) is 48.5 Å². The third-order valence-corrected chi connectivity index (χ3v) is 5.75. The highest BCUT2D eigenvalue weighted by molar-refractivity contribution is 9.10. The van der Waals surface area contributed by atoms with E-state index in [0.29, 0.717) is 39.3 Å². The predicted molar refractivity (Wildman–Crippen MR) is 136 cm³/mol. The topological polar surface area (TPSA) is 95.9 Å². The standard InChI is InChI=1S/C26H18BrN3O5/c1-15(31)34-21-11-10-17(27)12-16(21)14-28-30-25(29-20-7-4-3-6-18(20)26(30)32)24-13-19-22(33-2)8-5-9-23(19)35-24/h3-14H,1-2H3. The molecule has 0 N–H and O–H groups in total. The second kappa shape index (κ2) is 9.19. The molecule has 0 aliphatic carbocycles. The molecule has 5 aromatic rings. The van der Waals surface area contributed by atoms with Crippen LogP contribution >= 0.6 is 15.9 Å². The van der Waals surface area contributed by atoms with Gasteiger partial charge in [0.1, 0.15) is 17.1 Å². The van der Waals surface area contributed by atoms with Gasteiger partial charge < -0.3 is 13.9 Å². The maximum Gasteiger partial charge on any atom is 0.308 e. The molecular weight excluding hydrogens is 514 g/mol. The van der Waals surface area contributed by atoms with Crippen LogP contribution < -0.4 is 15.0 Å². The summed E-state index contributed by atoms with van der Waals surface area (Å²) in [4.78, 5) is 29.7. The van der Waals surface area contributed by atoms with Crippen LogP contribution in [-0.4, -0.2) is 29.0 Å². The molecule has 9 heteroatoms. The Hall–Kier alpha value is -4.24. The smallest absolute Gasteiger partial charge is 0.308 e. The molecule has 3 aromatic carbocycles. The van der Waals surface area contributed by atoms with E-state index in [9.17, 15) is 9.59 Å². The molecule has 35 heavy (non-hydrogen) atoms. The Morgan fingerprint density at radius 3 is 2.69 bits per heavy atom. The Kier molecular flexibility index (Phi) is 5.92. The number of methoxy groups -OCH3 is 1. The Morgan fingerprint density at radius 2 is 1.89 bits per heavy atom. The van der Waals surface area contributed by atoms with Crippen molar-refractivity contribution in [1.82, 2.24) is 9.66 Å². The first-order valence-electron chi connectivity index (χ1n) is 10.6. The van der Waals surface area contributed by atoms with Gasteiger partial charge in [0.2, 0.25) is 5.82 Å². The Morgan fingerprint density at radius 1 is 1.06 bits per heavy atom. The van der Waals surface area contributed by atoms with Crippen molar-refractivity contribution in [2.75, 3.05) is 7.11 Å². The number of fused-ring (bicyclic) bond motifs is 2. The fourth-order valence-corrected chi connectivity index (χ4v) is 4.08. The van der Waals surface area contributed by atoms with Gasteiger partial charge in [-0.2, -0.15) is 9.78 Å². The average Bonchev–Trinajstić information content (AvgIpc) is 3.29. The van der Waals surface area contributed by atoms with Crippen molar-refractivity contribution in [3.63, 3.8) is 0 Å². The van der Waals surface area contributed by atoms with Gasteiger partial charge in [-0.3, -0.25) is 9.59 Å². The summed E-state index contributed by atoms with van der Waals surface area (Å²) in [6.07, 6.45) is 1.44. The normalized spacial score (nSPS) is 11.4. The second-order valence-electron chi connectivity index (χ2n) is 7.57. The minimum Gasteiger partial charge on any atom is -0.496 e. The van der Waals surface area contributed by atoms with Crippen LogP contribution in [0, 0.1) is 0 Å². The lowest BCUT2D eigenvalue weighted by Gasteiger charge is -2.08. The summed E-state index contributed by atoms with van der Waals surface area (Å²) in [5, 5.41) is 5.58. The SMILES string of the molecule is COc1cccc2oc(-c3nc4ccccc4c(=O)n3N=Cc3cc(Br)ccc3OC(C)=O)cc12. The number of hydrogen-bond acceptors (Lipinski definition) is 7. The zero-order valence-corrected chi connectivity index (χ0v) is 20.3. The van der Waals surface area contributed by atoms with Gasteiger partial charge in [0.15, 0.2) is 5.76 Å². The number of rotatable bonds is 5. The van der Waals surface area contributed by atoms with Gasteiger partial charge in [-0.1, -0.05) is 34.1 Å². The number of para-hydroxylation sites is 1. The summed E-state index contributed by atoms with van der Waals surface area (Å²) in [5.74, 6) is 1.03. The molecular formula is C26H18BrN3O5. The monoisotopic (exact) mass is 531 g/mol. The van der Waals surface area contributed by atoms with Crippen LogP contribution in [0.15, 0.2) is 85.5 Å². The van der Waals surface area contributed by atoms with Crippen molar-refractivity contribution in [1.29, 1.82) is 0 Å².